The zero-order valence-corrected chi connectivity index (χ0v) is 14.8. The third kappa shape index (κ3) is 4.08. The SMILES string of the molecule is O=C(Nc1cccnn1)N1CCC(c2cc(-c3ccccc3)ncn2)CC1. The van der Waals surface area contributed by atoms with Crippen LogP contribution >= 0.6 is 0 Å². The largest absolute Gasteiger partial charge is 0.324 e. The first-order valence-corrected chi connectivity index (χ1v) is 9.00. The Balaban J connectivity index is 1.39. The van der Waals surface area contributed by atoms with Gasteiger partial charge < -0.3 is 4.90 Å². The quantitative estimate of drug-likeness (QED) is 0.774. The fraction of sp³-hybridized carbons (Fsp3) is 0.250. The molecule has 0 atom stereocenters. The van der Waals surface area contributed by atoms with Crippen LogP contribution in [-0.4, -0.2) is 44.2 Å². The first-order valence-electron chi connectivity index (χ1n) is 9.00. The van der Waals surface area contributed by atoms with Gasteiger partial charge in [0.1, 0.15) is 6.33 Å². The highest BCUT2D eigenvalue weighted by Gasteiger charge is 2.25. The molecule has 7 nitrogen and oxygen atoms in total. The van der Waals surface area contributed by atoms with Gasteiger partial charge in [-0.2, -0.15) is 5.10 Å². The molecule has 3 aromatic rings. The van der Waals surface area contributed by atoms with Gasteiger partial charge in [0.05, 0.1) is 5.69 Å². The van der Waals surface area contributed by atoms with Gasteiger partial charge in [-0.05, 0) is 31.0 Å². The minimum atomic E-state index is -0.137. The van der Waals surface area contributed by atoms with Gasteiger partial charge in [-0.1, -0.05) is 30.3 Å². The summed E-state index contributed by atoms with van der Waals surface area (Å²) in [6, 6.07) is 15.5. The smallest absolute Gasteiger partial charge is 0.323 e. The maximum atomic E-state index is 12.4. The number of hydrogen-bond donors (Lipinski definition) is 1. The summed E-state index contributed by atoms with van der Waals surface area (Å²) in [5.41, 5.74) is 3.06. The van der Waals surface area contributed by atoms with Crippen molar-refractivity contribution in [3.8, 4) is 11.3 Å². The summed E-state index contributed by atoms with van der Waals surface area (Å²) in [6.45, 7) is 1.36. The lowest BCUT2D eigenvalue weighted by molar-refractivity contribution is 0.194. The highest BCUT2D eigenvalue weighted by atomic mass is 16.2. The Morgan fingerprint density at radius 3 is 2.59 bits per heavy atom. The number of rotatable bonds is 3. The van der Waals surface area contributed by atoms with Gasteiger partial charge in [-0.3, -0.25) is 5.32 Å². The first kappa shape index (κ1) is 17.1. The zero-order chi connectivity index (χ0) is 18.5. The summed E-state index contributed by atoms with van der Waals surface area (Å²) < 4.78 is 0. The van der Waals surface area contributed by atoms with Crippen molar-refractivity contribution in [3.05, 3.63) is 66.7 Å². The van der Waals surface area contributed by atoms with E-state index in [1.54, 1.807) is 24.7 Å². The van der Waals surface area contributed by atoms with Crippen LogP contribution in [0.25, 0.3) is 11.3 Å². The Labute approximate surface area is 157 Å². The Kier molecular flexibility index (Phi) is 5.00. The van der Waals surface area contributed by atoms with E-state index in [1.807, 2.05) is 35.2 Å². The maximum Gasteiger partial charge on any atom is 0.323 e. The van der Waals surface area contributed by atoms with Crippen LogP contribution in [0.15, 0.2) is 61.1 Å². The lowest BCUT2D eigenvalue weighted by Crippen LogP contribution is -2.40. The number of hydrogen-bond acceptors (Lipinski definition) is 5. The van der Waals surface area contributed by atoms with E-state index in [2.05, 4.69) is 31.5 Å². The van der Waals surface area contributed by atoms with Crippen LogP contribution in [0.3, 0.4) is 0 Å². The third-order valence-corrected chi connectivity index (χ3v) is 4.77. The van der Waals surface area contributed by atoms with Gasteiger partial charge in [0, 0.05) is 36.5 Å². The van der Waals surface area contributed by atoms with E-state index in [0.29, 0.717) is 24.8 Å². The number of nitrogens with zero attached hydrogens (tertiary/aromatic N) is 5. The number of carbonyl (C=O) groups is 1. The van der Waals surface area contributed by atoms with E-state index >= 15 is 0 Å². The Bertz CT molecular complexity index is 895. The second-order valence-corrected chi connectivity index (χ2v) is 6.49. The van der Waals surface area contributed by atoms with Gasteiger partial charge in [0.2, 0.25) is 0 Å². The number of piperidine rings is 1. The fourth-order valence-electron chi connectivity index (χ4n) is 3.30. The van der Waals surface area contributed by atoms with Gasteiger partial charge in [0.15, 0.2) is 5.82 Å². The van der Waals surface area contributed by atoms with Crippen LogP contribution in [0.5, 0.6) is 0 Å². The normalized spacial score (nSPS) is 14.7. The minimum Gasteiger partial charge on any atom is -0.324 e. The van der Waals surface area contributed by atoms with Crippen molar-refractivity contribution in [1.82, 2.24) is 25.1 Å². The molecular weight excluding hydrogens is 340 g/mol. The van der Waals surface area contributed by atoms with E-state index < -0.39 is 0 Å². The molecule has 0 radical (unpaired) electrons. The molecule has 2 amide bonds. The molecule has 0 saturated carbocycles. The monoisotopic (exact) mass is 360 g/mol. The Morgan fingerprint density at radius 1 is 1.04 bits per heavy atom. The molecule has 2 aromatic heterocycles. The second kappa shape index (κ2) is 7.90. The van der Waals surface area contributed by atoms with E-state index in [1.165, 1.54) is 0 Å². The minimum absolute atomic E-state index is 0.137. The number of urea groups is 1. The molecule has 3 heterocycles. The lowest BCUT2D eigenvalue weighted by Gasteiger charge is -2.31. The van der Waals surface area contributed by atoms with Crippen molar-refractivity contribution in [2.24, 2.45) is 0 Å². The molecule has 1 aromatic carbocycles. The summed E-state index contributed by atoms with van der Waals surface area (Å²) in [5, 5.41) is 10.4. The molecule has 1 fully saturated rings. The molecule has 136 valence electrons. The van der Waals surface area contributed by atoms with Crippen molar-refractivity contribution in [2.75, 3.05) is 18.4 Å². The Morgan fingerprint density at radius 2 is 1.85 bits per heavy atom. The number of anilines is 1. The molecular formula is C20H20N6O. The summed E-state index contributed by atoms with van der Waals surface area (Å²) in [6.07, 6.45) is 4.95. The molecule has 27 heavy (non-hydrogen) atoms. The van der Waals surface area contributed by atoms with Gasteiger partial charge in [-0.15, -0.1) is 5.10 Å². The third-order valence-electron chi connectivity index (χ3n) is 4.77. The fourth-order valence-corrected chi connectivity index (χ4v) is 3.30. The molecule has 1 saturated heterocycles. The van der Waals surface area contributed by atoms with Crippen LogP contribution in [0, 0.1) is 0 Å². The highest BCUT2D eigenvalue weighted by molar-refractivity contribution is 5.88. The van der Waals surface area contributed by atoms with Crippen molar-refractivity contribution in [3.63, 3.8) is 0 Å². The average molecular weight is 360 g/mol. The number of aromatic nitrogens is 4. The summed E-state index contributed by atoms with van der Waals surface area (Å²) in [7, 11) is 0. The average Bonchev–Trinajstić information content (AvgIpc) is 2.75. The number of nitrogens with one attached hydrogen (secondary N) is 1. The lowest BCUT2D eigenvalue weighted by atomic mass is 9.92. The standard InChI is InChI=1S/C20H20N6O/c27-20(24-19-7-4-10-23-25-19)26-11-8-16(9-12-26)18-13-17(21-14-22-18)15-5-2-1-3-6-15/h1-7,10,13-14,16H,8-9,11-12H2,(H,24,25,27). The van der Waals surface area contributed by atoms with Gasteiger partial charge in [0.25, 0.3) is 0 Å². The summed E-state index contributed by atoms with van der Waals surface area (Å²) in [4.78, 5) is 23.1. The molecule has 1 aliphatic heterocycles. The highest BCUT2D eigenvalue weighted by Crippen LogP contribution is 2.28. The number of amides is 2. The van der Waals surface area contributed by atoms with Crippen molar-refractivity contribution >= 4 is 11.8 Å². The van der Waals surface area contributed by atoms with Crippen molar-refractivity contribution in [1.29, 1.82) is 0 Å². The maximum absolute atomic E-state index is 12.4. The van der Waals surface area contributed by atoms with E-state index in [0.717, 1.165) is 29.8 Å². The number of likely N-dealkylation sites (tertiary alicyclic amines) is 1. The van der Waals surface area contributed by atoms with Crippen LogP contribution in [0.4, 0.5) is 10.6 Å². The van der Waals surface area contributed by atoms with E-state index in [4.69, 9.17) is 0 Å². The predicted molar refractivity (Wildman–Crippen MR) is 102 cm³/mol. The summed E-state index contributed by atoms with van der Waals surface area (Å²) in [5.74, 6) is 0.795. The molecule has 0 bridgehead atoms. The number of benzene rings is 1. The first-order chi connectivity index (χ1) is 13.3. The van der Waals surface area contributed by atoms with Crippen molar-refractivity contribution in [2.45, 2.75) is 18.8 Å². The molecule has 7 heteroatoms. The molecule has 1 N–H and O–H groups in total. The van der Waals surface area contributed by atoms with Crippen LogP contribution in [-0.2, 0) is 0 Å². The number of carbonyl (C=O) groups excluding carboxylic acids is 1. The van der Waals surface area contributed by atoms with Gasteiger partial charge >= 0.3 is 6.03 Å². The topological polar surface area (TPSA) is 83.9 Å². The second-order valence-electron chi connectivity index (χ2n) is 6.49. The van der Waals surface area contributed by atoms with Crippen LogP contribution in [0.2, 0.25) is 0 Å². The van der Waals surface area contributed by atoms with Crippen LogP contribution < -0.4 is 5.32 Å². The molecule has 0 spiro atoms. The van der Waals surface area contributed by atoms with E-state index in [-0.39, 0.29) is 6.03 Å². The predicted octanol–water partition coefficient (Wildman–Crippen LogP) is 3.35. The van der Waals surface area contributed by atoms with Crippen molar-refractivity contribution < 1.29 is 4.79 Å². The Hall–Kier alpha value is -3.35. The molecule has 1 aliphatic rings. The van der Waals surface area contributed by atoms with Crippen LogP contribution in [0.1, 0.15) is 24.5 Å². The van der Waals surface area contributed by atoms with Gasteiger partial charge in [-0.25, -0.2) is 14.8 Å². The van der Waals surface area contributed by atoms with E-state index in [9.17, 15) is 4.79 Å². The summed E-state index contributed by atoms with van der Waals surface area (Å²) >= 11 is 0. The molecule has 0 unspecified atom stereocenters. The zero-order valence-electron chi connectivity index (χ0n) is 14.8. The molecule has 0 aliphatic carbocycles. The molecule has 4 rings (SSSR count).